The van der Waals surface area contributed by atoms with E-state index in [9.17, 15) is 27.2 Å². The predicted octanol–water partition coefficient (Wildman–Crippen LogP) is 2.86. The number of amidine groups is 1. The Kier molecular flexibility index (Phi) is 9.63. The van der Waals surface area contributed by atoms with E-state index < -0.39 is 41.6 Å². The fraction of sp³-hybridized carbons (Fsp3) is 0.200. The third-order valence-corrected chi connectivity index (χ3v) is 3.87. The lowest BCUT2D eigenvalue weighted by Crippen LogP contribution is -2.17. The Morgan fingerprint density at radius 2 is 1.31 bits per heavy atom. The molecule has 2 aromatic carbocycles. The lowest BCUT2D eigenvalue weighted by atomic mass is 10.1. The fourth-order valence-electron chi connectivity index (χ4n) is 2.31. The van der Waals surface area contributed by atoms with Gasteiger partial charge >= 0.3 is 11.9 Å². The molecule has 0 bridgehead atoms. The summed E-state index contributed by atoms with van der Waals surface area (Å²) in [6.07, 6.45) is -0.769. The van der Waals surface area contributed by atoms with Crippen LogP contribution in [0.15, 0.2) is 29.4 Å². The van der Waals surface area contributed by atoms with Crippen molar-refractivity contribution in [2.75, 3.05) is 14.2 Å². The molecule has 0 saturated carbocycles. The Morgan fingerprint density at radius 1 is 0.938 bits per heavy atom. The number of nitrogens with two attached hydrogens (primary N) is 1. The van der Waals surface area contributed by atoms with E-state index in [-0.39, 0.29) is 34.5 Å². The molecule has 0 aliphatic rings. The van der Waals surface area contributed by atoms with Crippen molar-refractivity contribution in [1.29, 1.82) is 5.26 Å². The highest BCUT2D eigenvalue weighted by Crippen LogP contribution is 2.17. The Labute approximate surface area is 179 Å². The number of hydrogen-bond donors (Lipinski definition) is 2. The third-order valence-electron chi connectivity index (χ3n) is 3.87. The van der Waals surface area contributed by atoms with Gasteiger partial charge in [0.2, 0.25) is 0 Å². The normalized spacial score (nSPS) is 10.5. The molecule has 2 aromatic rings. The molecule has 0 amide bonds. The first-order chi connectivity index (χ1) is 15.1. The van der Waals surface area contributed by atoms with Crippen LogP contribution in [-0.4, -0.2) is 37.2 Å². The first-order valence-electron chi connectivity index (χ1n) is 8.55. The molecular formula is C20H17F4N3O5. The largest absolute Gasteiger partial charge is 0.465 e. The zero-order valence-corrected chi connectivity index (χ0v) is 16.8. The second-order valence-corrected chi connectivity index (χ2v) is 5.92. The highest BCUT2D eigenvalue weighted by atomic mass is 19.1. The molecule has 0 radical (unpaired) electrons. The van der Waals surface area contributed by atoms with Gasteiger partial charge in [-0.05, 0) is 24.3 Å². The second kappa shape index (κ2) is 11.9. The highest BCUT2D eigenvalue weighted by Gasteiger charge is 2.17. The monoisotopic (exact) mass is 455 g/mol. The van der Waals surface area contributed by atoms with Crippen molar-refractivity contribution < 1.29 is 41.8 Å². The molecule has 0 fully saturated rings. The van der Waals surface area contributed by atoms with E-state index in [0.29, 0.717) is 0 Å². The van der Waals surface area contributed by atoms with Gasteiger partial charge in [-0.25, -0.2) is 27.2 Å². The molecule has 2 rings (SSSR count). The van der Waals surface area contributed by atoms with Crippen LogP contribution in [0, 0.1) is 34.6 Å². The van der Waals surface area contributed by atoms with Gasteiger partial charge in [0.25, 0.3) is 0 Å². The molecule has 8 nitrogen and oxygen atoms in total. The maximum atomic E-state index is 13.5. The summed E-state index contributed by atoms with van der Waals surface area (Å²) in [6, 6.07) is 4.99. The number of carbonyl (C=O) groups is 2. The average Bonchev–Trinajstić information content (AvgIpc) is 2.77. The van der Waals surface area contributed by atoms with Crippen LogP contribution >= 0.6 is 0 Å². The van der Waals surface area contributed by atoms with Gasteiger partial charge in [-0.2, -0.15) is 5.26 Å². The summed E-state index contributed by atoms with van der Waals surface area (Å²) >= 11 is 0. The number of esters is 2. The number of oxime groups is 1. The molecule has 170 valence electrons. The topological polar surface area (TPSA) is 135 Å². The summed E-state index contributed by atoms with van der Waals surface area (Å²) < 4.78 is 62.0. The summed E-state index contributed by atoms with van der Waals surface area (Å²) in [5.41, 5.74) is 3.96. The number of hydrogen-bond acceptors (Lipinski definition) is 7. The summed E-state index contributed by atoms with van der Waals surface area (Å²) in [7, 11) is 2.21. The number of halogens is 4. The van der Waals surface area contributed by atoms with Crippen molar-refractivity contribution >= 4 is 17.8 Å². The SMILES string of the molecule is COC(=O)c1cc(F)c(C/C(N)=N/O)c(F)c1.COC(=O)c1cc(F)c(CC#N)c(F)c1. The van der Waals surface area contributed by atoms with Crippen LogP contribution in [0.25, 0.3) is 0 Å². The minimum absolute atomic E-state index is 0.214. The van der Waals surface area contributed by atoms with E-state index in [0.717, 1.165) is 38.5 Å². The minimum atomic E-state index is -0.961. The maximum absolute atomic E-state index is 13.5. The number of nitrogens with zero attached hydrogens (tertiary/aromatic N) is 2. The Hall–Kier alpha value is -4.14. The van der Waals surface area contributed by atoms with Gasteiger partial charge in [-0.15, -0.1) is 0 Å². The summed E-state index contributed by atoms with van der Waals surface area (Å²) in [4.78, 5) is 22.0. The van der Waals surface area contributed by atoms with Gasteiger partial charge in [-0.3, -0.25) is 0 Å². The minimum Gasteiger partial charge on any atom is -0.465 e. The zero-order chi connectivity index (χ0) is 24.4. The lowest BCUT2D eigenvalue weighted by molar-refractivity contribution is 0.0591. The van der Waals surface area contributed by atoms with E-state index in [2.05, 4.69) is 14.6 Å². The van der Waals surface area contributed by atoms with Crippen molar-refractivity contribution in [1.82, 2.24) is 0 Å². The van der Waals surface area contributed by atoms with E-state index in [1.165, 1.54) is 0 Å². The molecule has 32 heavy (non-hydrogen) atoms. The standard InChI is InChI=1S/C10H10F2N2O3.C10H7F2NO2/c1-17-10(15)5-2-7(11)6(8(12)3-5)4-9(13)14-16;1-15-10(14)6-4-8(11)7(2-3-13)9(12)5-6/h2-3,16H,4H2,1H3,(H2,13,14);4-5H,2H2,1H3. The number of methoxy groups -OCH3 is 2. The van der Waals surface area contributed by atoms with Gasteiger partial charge in [-0.1, -0.05) is 5.16 Å². The van der Waals surface area contributed by atoms with E-state index in [1.807, 2.05) is 0 Å². The molecule has 0 aliphatic heterocycles. The number of benzene rings is 2. The molecule has 0 atom stereocenters. The maximum Gasteiger partial charge on any atom is 0.338 e. The van der Waals surface area contributed by atoms with Crippen molar-refractivity contribution in [3.8, 4) is 6.07 Å². The van der Waals surface area contributed by atoms with Gasteiger partial charge in [0.1, 0.15) is 29.1 Å². The number of rotatable bonds is 5. The lowest BCUT2D eigenvalue weighted by Gasteiger charge is -2.06. The van der Waals surface area contributed by atoms with Crippen molar-refractivity contribution in [3.05, 3.63) is 69.8 Å². The van der Waals surface area contributed by atoms with Crippen LogP contribution in [0.2, 0.25) is 0 Å². The van der Waals surface area contributed by atoms with Crippen molar-refractivity contribution in [3.63, 3.8) is 0 Å². The smallest absolute Gasteiger partial charge is 0.338 e. The summed E-state index contributed by atoms with van der Waals surface area (Å²) in [5.74, 6) is -5.77. The van der Waals surface area contributed by atoms with Crippen LogP contribution in [0.5, 0.6) is 0 Å². The summed E-state index contributed by atoms with van der Waals surface area (Å²) in [6.45, 7) is 0. The van der Waals surface area contributed by atoms with Gasteiger partial charge < -0.3 is 20.4 Å². The van der Waals surface area contributed by atoms with Crippen LogP contribution < -0.4 is 5.73 Å². The molecule has 0 saturated heterocycles. The molecule has 0 aliphatic carbocycles. The van der Waals surface area contributed by atoms with E-state index >= 15 is 0 Å². The van der Waals surface area contributed by atoms with Crippen LogP contribution in [0.1, 0.15) is 31.8 Å². The quantitative estimate of drug-likeness (QED) is 0.177. The van der Waals surface area contributed by atoms with E-state index in [1.54, 1.807) is 6.07 Å². The number of nitriles is 1. The highest BCUT2D eigenvalue weighted by molar-refractivity contribution is 5.90. The first kappa shape index (κ1) is 25.9. The predicted molar refractivity (Wildman–Crippen MR) is 102 cm³/mol. The number of carbonyl (C=O) groups excluding carboxylic acids is 2. The molecule has 0 spiro atoms. The number of ether oxygens (including phenoxy) is 2. The Morgan fingerprint density at radius 3 is 1.62 bits per heavy atom. The average molecular weight is 455 g/mol. The zero-order valence-electron chi connectivity index (χ0n) is 16.8. The Balaban J connectivity index is 0.000000323. The van der Waals surface area contributed by atoms with Crippen LogP contribution in [0.4, 0.5) is 17.6 Å². The van der Waals surface area contributed by atoms with Crippen LogP contribution in [-0.2, 0) is 22.3 Å². The molecule has 3 N–H and O–H groups in total. The molecule has 12 heteroatoms. The first-order valence-corrected chi connectivity index (χ1v) is 8.55. The van der Waals surface area contributed by atoms with Crippen molar-refractivity contribution in [2.45, 2.75) is 12.8 Å². The molecule has 0 aromatic heterocycles. The molecule has 0 unspecified atom stereocenters. The fourth-order valence-corrected chi connectivity index (χ4v) is 2.31. The van der Waals surface area contributed by atoms with Gasteiger partial charge in [0.05, 0.1) is 37.8 Å². The Bertz CT molecular complexity index is 1040. The van der Waals surface area contributed by atoms with Gasteiger partial charge in [0, 0.05) is 17.5 Å². The second-order valence-electron chi connectivity index (χ2n) is 5.92. The molecule has 0 heterocycles. The van der Waals surface area contributed by atoms with Crippen molar-refractivity contribution in [2.24, 2.45) is 10.9 Å². The van der Waals surface area contributed by atoms with Crippen LogP contribution in [0.3, 0.4) is 0 Å². The molecular weight excluding hydrogens is 438 g/mol. The van der Waals surface area contributed by atoms with Gasteiger partial charge in [0.15, 0.2) is 0 Å². The summed E-state index contributed by atoms with van der Waals surface area (Å²) in [5, 5.41) is 19.2. The van der Waals surface area contributed by atoms with E-state index in [4.69, 9.17) is 16.2 Å². The third kappa shape index (κ3) is 6.69.